The molecule has 0 unspecified atom stereocenters. The van der Waals surface area contributed by atoms with Crippen LogP contribution < -0.4 is 15.8 Å². The number of ether oxygens (including phenoxy) is 1. The number of carbonyl (C=O) groups excluding carboxylic acids is 1. The van der Waals surface area contributed by atoms with Gasteiger partial charge >= 0.3 is 0 Å². The molecule has 8 nitrogen and oxygen atoms in total. The summed E-state index contributed by atoms with van der Waals surface area (Å²) in [4.78, 5) is 39.1. The number of hydrogen-bond donors (Lipinski definition) is 2. The van der Waals surface area contributed by atoms with E-state index < -0.39 is 0 Å². The molecule has 0 bridgehead atoms. The molecular weight excluding hydrogens is 378 g/mol. The number of aromatic nitrogens is 3. The number of amides is 1. The second-order valence-electron chi connectivity index (χ2n) is 6.65. The van der Waals surface area contributed by atoms with Crippen LogP contribution in [0.5, 0.6) is 0 Å². The zero-order valence-corrected chi connectivity index (χ0v) is 16.3. The minimum atomic E-state index is -0.290. The Hall–Kier alpha value is -2.78. The zero-order valence-electron chi connectivity index (χ0n) is 15.5. The quantitative estimate of drug-likeness (QED) is 0.656. The number of thiazole rings is 1. The van der Waals surface area contributed by atoms with Gasteiger partial charge in [-0.2, -0.15) is 0 Å². The average Bonchev–Trinajstić information content (AvgIpc) is 3.34. The van der Waals surface area contributed by atoms with E-state index in [0.717, 1.165) is 24.9 Å². The van der Waals surface area contributed by atoms with E-state index in [1.165, 1.54) is 11.3 Å². The third-order valence-electron chi connectivity index (χ3n) is 4.70. The van der Waals surface area contributed by atoms with Crippen molar-refractivity contribution in [3.8, 4) is 0 Å². The lowest BCUT2D eigenvalue weighted by atomic mass is 10.2. The Bertz CT molecular complexity index is 1030. The number of fused-ring (bicyclic) bond motifs is 1. The Balaban J connectivity index is 1.53. The van der Waals surface area contributed by atoms with E-state index in [2.05, 4.69) is 20.3 Å². The Kier molecular flexibility index (Phi) is 5.36. The highest BCUT2D eigenvalue weighted by molar-refractivity contribution is 7.21. The number of rotatable bonds is 6. The van der Waals surface area contributed by atoms with Crippen LogP contribution in [0.1, 0.15) is 24.2 Å². The van der Waals surface area contributed by atoms with Gasteiger partial charge in [-0.1, -0.05) is 41.7 Å². The molecule has 1 aliphatic rings. The van der Waals surface area contributed by atoms with E-state index in [9.17, 15) is 9.59 Å². The van der Waals surface area contributed by atoms with Gasteiger partial charge in [0.05, 0.1) is 0 Å². The Labute approximate surface area is 165 Å². The lowest BCUT2D eigenvalue weighted by Crippen LogP contribution is -2.43. The van der Waals surface area contributed by atoms with Gasteiger partial charge < -0.3 is 19.9 Å². The van der Waals surface area contributed by atoms with E-state index >= 15 is 0 Å². The molecule has 28 heavy (non-hydrogen) atoms. The van der Waals surface area contributed by atoms with Crippen molar-refractivity contribution < 1.29 is 9.53 Å². The van der Waals surface area contributed by atoms with Crippen molar-refractivity contribution in [1.29, 1.82) is 0 Å². The van der Waals surface area contributed by atoms with Crippen LogP contribution in [0.15, 0.2) is 35.1 Å². The molecule has 1 fully saturated rings. The summed E-state index contributed by atoms with van der Waals surface area (Å²) in [6.07, 6.45) is 1.66. The molecule has 1 amide bonds. The fraction of sp³-hybridized carbons (Fsp3) is 0.368. The topological polar surface area (TPSA) is 100 Å². The first-order valence-electron chi connectivity index (χ1n) is 9.12. The lowest BCUT2D eigenvalue weighted by molar-refractivity contribution is -0.122. The van der Waals surface area contributed by atoms with Crippen LogP contribution >= 0.6 is 11.3 Å². The normalized spacial score (nSPS) is 16.6. The maximum Gasteiger partial charge on any atom is 0.278 e. The highest BCUT2D eigenvalue weighted by atomic mass is 32.1. The largest absolute Gasteiger partial charge is 0.377 e. The fourth-order valence-electron chi connectivity index (χ4n) is 3.36. The summed E-state index contributed by atoms with van der Waals surface area (Å²) in [6, 6.07) is 9.53. The van der Waals surface area contributed by atoms with Crippen molar-refractivity contribution in [2.45, 2.75) is 32.0 Å². The van der Waals surface area contributed by atoms with Gasteiger partial charge in [-0.25, -0.2) is 9.97 Å². The number of aromatic amines is 1. The van der Waals surface area contributed by atoms with Crippen LogP contribution in [0.4, 0.5) is 5.13 Å². The van der Waals surface area contributed by atoms with Crippen molar-refractivity contribution in [2.75, 3.05) is 18.6 Å². The van der Waals surface area contributed by atoms with Crippen LogP contribution in [-0.4, -0.2) is 40.6 Å². The predicted octanol–water partition coefficient (Wildman–Crippen LogP) is 1.81. The molecule has 1 aliphatic heterocycles. The van der Waals surface area contributed by atoms with Crippen molar-refractivity contribution in [2.24, 2.45) is 0 Å². The molecule has 146 valence electrons. The van der Waals surface area contributed by atoms with Crippen molar-refractivity contribution in [3.05, 3.63) is 52.1 Å². The van der Waals surface area contributed by atoms with Gasteiger partial charge in [0, 0.05) is 20.2 Å². The Morgan fingerprint density at radius 2 is 2.18 bits per heavy atom. The van der Waals surface area contributed by atoms with Gasteiger partial charge in [0.25, 0.3) is 5.56 Å². The molecule has 9 heteroatoms. The highest BCUT2D eigenvalue weighted by Gasteiger charge is 2.33. The minimum Gasteiger partial charge on any atom is -0.377 e. The molecule has 2 aromatic heterocycles. The first-order chi connectivity index (χ1) is 13.7. The van der Waals surface area contributed by atoms with Crippen molar-refractivity contribution in [1.82, 2.24) is 20.3 Å². The first kappa shape index (κ1) is 18.6. The van der Waals surface area contributed by atoms with Crippen LogP contribution in [0.3, 0.4) is 0 Å². The fourth-order valence-corrected chi connectivity index (χ4v) is 4.40. The summed E-state index contributed by atoms with van der Waals surface area (Å²) in [7, 11) is 1.55. The maximum atomic E-state index is 12.7. The second-order valence-corrected chi connectivity index (χ2v) is 7.61. The molecule has 0 aliphatic carbocycles. The molecule has 1 atom stereocenters. The van der Waals surface area contributed by atoms with Gasteiger partial charge in [-0.05, 0) is 18.4 Å². The van der Waals surface area contributed by atoms with E-state index in [-0.39, 0.29) is 24.1 Å². The molecule has 1 aromatic carbocycles. The number of carbonyl (C=O) groups is 1. The maximum absolute atomic E-state index is 12.7. The monoisotopic (exact) mass is 399 g/mol. The number of hydrogen-bond acceptors (Lipinski definition) is 7. The number of benzene rings is 1. The summed E-state index contributed by atoms with van der Waals surface area (Å²) in [6.45, 7) is 1.45. The standard InChI is InChI=1S/C19H21N5O3S/c1-27-11-14-21-17(26)15-18(22-14)28-19(23-15)24-9-5-8-13(24)16(25)20-10-12-6-3-2-4-7-12/h2-4,6-7,13H,5,8-11H2,1H3,(H,20,25)(H,21,22,26)/t13-/m1/s1. The second kappa shape index (κ2) is 8.07. The van der Waals surface area contributed by atoms with Gasteiger partial charge in [0.1, 0.15) is 18.5 Å². The molecule has 3 aromatic rings. The first-order valence-corrected chi connectivity index (χ1v) is 9.94. The van der Waals surface area contributed by atoms with Gasteiger partial charge in [0.15, 0.2) is 15.5 Å². The summed E-state index contributed by atoms with van der Waals surface area (Å²) >= 11 is 1.33. The van der Waals surface area contributed by atoms with Crippen LogP contribution in [0.25, 0.3) is 10.3 Å². The third-order valence-corrected chi connectivity index (χ3v) is 5.69. The molecule has 3 heterocycles. The van der Waals surface area contributed by atoms with Crippen molar-refractivity contribution in [3.63, 3.8) is 0 Å². The third kappa shape index (κ3) is 3.76. The van der Waals surface area contributed by atoms with E-state index in [0.29, 0.717) is 27.8 Å². The molecule has 2 N–H and O–H groups in total. The molecular formula is C19H21N5O3S. The van der Waals surface area contributed by atoms with E-state index in [4.69, 9.17) is 4.74 Å². The van der Waals surface area contributed by atoms with Gasteiger partial charge in [0.2, 0.25) is 5.91 Å². The summed E-state index contributed by atoms with van der Waals surface area (Å²) < 4.78 is 5.04. The number of anilines is 1. The SMILES string of the molecule is COCc1nc2sc(N3CCC[C@@H]3C(=O)NCc3ccccc3)nc2c(=O)[nH]1. The zero-order chi connectivity index (χ0) is 19.5. The molecule has 0 radical (unpaired) electrons. The Morgan fingerprint density at radius 1 is 1.36 bits per heavy atom. The molecule has 1 saturated heterocycles. The van der Waals surface area contributed by atoms with Crippen LogP contribution in [0, 0.1) is 0 Å². The van der Waals surface area contributed by atoms with E-state index in [1.54, 1.807) is 7.11 Å². The van der Waals surface area contributed by atoms with Gasteiger partial charge in [-0.3, -0.25) is 9.59 Å². The molecule has 4 rings (SSSR count). The van der Waals surface area contributed by atoms with Gasteiger partial charge in [-0.15, -0.1) is 0 Å². The summed E-state index contributed by atoms with van der Waals surface area (Å²) in [5.74, 6) is 0.441. The minimum absolute atomic E-state index is 0.0254. The van der Waals surface area contributed by atoms with Crippen LogP contribution in [-0.2, 0) is 22.7 Å². The molecule has 0 saturated carbocycles. The predicted molar refractivity (Wildman–Crippen MR) is 107 cm³/mol. The number of nitrogens with zero attached hydrogens (tertiary/aromatic N) is 3. The van der Waals surface area contributed by atoms with Crippen molar-refractivity contribution >= 4 is 32.7 Å². The number of H-pyrrole nitrogens is 1. The number of nitrogens with one attached hydrogen (secondary N) is 2. The number of methoxy groups -OCH3 is 1. The molecule has 0 spiro atoms. The summed E-state index contributed by atoms with van der Waals surface area (Å²) in [5.41, 5.74) is 1.07. The average molecular weight is 399 g/mol. The summed E-state index contributed by atoms with van der Waals surface area (Å²) in [5, 5.41) is 3.66. The Morgan fingerprint density at radius 3 is 2.96 bits per heavy atom. The smallest absolute Gasteiger partial charge is 0.278 e. The lowest BCUT2D eigenvalue weighted by Gasteiger charge is -2.23. The highest BCUT2D eigenvalue weighted by Crippen LogP contribution is 2.31. The van der Waals surface area contributed by atoms with E-state index in [1.807, 2.05) is 35.2 Å². The van der Waals surface area contributed by atoms with Crippen LogP contribution in [0.2, 0.25) is 0 Å².